The second kappa shape index (κ2) is 7.49. The Hall–Kier alpha value is -3.77. The van der Waals surface area contributed by atoms with Gasteiger partial charge in [-0.05, 0) is 48.9 Å². The van der Waals surface area contributed by atoms with Gasteiger partial charge in [0.05, 0.1) is 10.6 Å². The van der Waals surface area contributed by atoms with Crippen molar-refractivity contribution in [1.29, 1.82) is 0 Å². The Morgan fingerprint density at radius 3 is 2.39 bits per heavy atom. The molecular weight excluding hydrogens is 406 g/mol. The first-order valence-corrected chi connectivity index (χ1v) is 11.3. The van der Waals surface area contributed by atoms with Crippen molar-refractivity contribution in [1.82, 2.24) is 13.9 Å². The first kappa shape index (κ1) is 19.2. The monoisotopic (exact) mass is 425 g/mol. The van der Waals surface area contributed by atoms with Crippen LogP contribution in [0.5, 0.6) is 0 Å². The SMILES string of the molecule is Cc1ccc(-c2cc3cccnc3n2S(=O)(=O)c2ccccc2)c(-c2cccnc2)c1. The number of nitrogens with zero attached hydrogens (tertiary/aromatic N) is 3. The standard InChI is InChI=1S/C25H19N3O2S/c1-18-11-12-22(23(15-18)20-8-5-13-26-17-20)24-16-19-7-6-14-27-25(19)28(24)31(29,30)21-9-3-2-4-10-21/h2-17H,1H3. The van der Waals surface area contributed by atoms with Crippen LogP contribution in [-0.4, -0.2) is 22.4 Å². The molecule has 0 N–H and O–H groups in total. The fourth-order valence-electron chi connectivity index (χ4n) is 3.78. The molecular formula is C25H19N3O2S. The molecule has 2 aromatic carbocycles. The van der Waals surface area contributed by atoms with Gasteiger partial charge < -0.3 is 0 Å². The van der Waals surface area contributed by atoms with Crippen molar-refractivity contribution >= 4 is 21.1 Å². The normalized spacial score (nSPS) is 11.6. The van der Waals surface area contributed by atoms with Crippen LogP contribution in [-0.2, 0) is 10.0 Å². The van der Waals surface area contributed by atoms with Crippen LogP contribution in [0.3, 0.4) is 0 Å². The molecule has 0 unspecified atom stereocenters. The van der Waals surface area contributed by atoms with Gasteiger partial charge in [-0.15, -0.1) is 0 Å². The first-order chi connectivity index (χ1) is 15.1. The lowest BCUT2D eigenvalue weighted by Crippen LogP contribution is -2.14. The maximum absolute atomic E-state index is 13.7. The molecule has 0 saturated carbocycles. The predicted octanol–water partition coefficient (Wildman–Crippen LogP) is 5.31. The van der Waals surface area contributed by atoms with E-state index < -0.39 is 10.0 Å². The van der Waals surface area contributed by atoms with E-state index in [1.54, 1.807) is 48.9 Å². The van der Waals surface area contributed by atoms with Gasteiger partial charge in [-0.25, -0.2) is 17.4 Å². The van der Waals surface area contributed by atoms with Crippen LogP contribution in [0.2, 0.25) is 0 Å². The van der Waals surface area contributed by atoms with Crippen LogP contribution in [0.25, 0.3) is 33.4 Å². The molecule has 3 aromatic heterocycles. The van der Waals surface area contributed by atoms with E-state index in [1.807, 2.05) is 49.4 Å². The number of pyridine rings is 2. The maximum atomic E-state index is 13.7. The zero-order valence-corrected chi connectivity index (χ0v) is 17.6. The fourth-order valence-corrected chi connectivity index (χ4v) is 5.28. The van der Waals surface area contributed by atoms with E-state index in [-0.39, 0.29) is 4.90 Å². The minimum absolute atomic E-state index is 0.217. The third kappa shape index (κ3) is 3.31. The van der Waals surface area contributed by atoms with E-state index >= 15 is 0 Å². The highest BCUT2D eigenvalue weighted by atomic mass is 32.2. The minimum Gasteiger partial charge on any atom is -0.264 e. The Balaban J connectivity index is 1.86. The summed E-state index contributed by atoms with van der Waals surface area (Å²) in [7, 11) is -3.87. The molecule has 0 aliphatic rings. The Bertz CT molecular complexity index is 1490. The lowest BCUT2D eigenvalue weighted by molar-refractivity contribution is 0.589. The molecule has 152 valence electrons. The number of aryl methyl sites for hydroxylation is 1. The van der Waals surface area contributed by atoms with E-state index in [1.165, 1.54) is 3.97 Å². The number of hydrogen-bond donors (Lipinski definition) is 0. The van der Waals surface area contributed by atoms with Gasteiger partial charge in [0.25, 0.3) is 10.0 Å². The van der Waals surface area contributed by atoms with Crippen LogP contribution in [0.4, 0.5) is 0 Å². The van der Waals surface area contributed by atoms with Gasteiger partial charge in [0.2, 0.25) is 0 Å². The van der Waals surface area contributed by atoms with E-state index in [4.69, 9.17) is 0 Å². The maximum Gasteiger partial charge on any atom is 0.269 e. The fraction of sp³-hybridized carbons (Fsp3) is 0.0400. The number of hydrogen-bond acceptors (Lipinski definition) is 4. The molecule has 31 heavy (non-hydrogen) atoms. The minimum atomic E-state index is -3.87. The van der Waals surface area contributed by atoms with E-state index in [9.17, 15) is 8.42 Å². The summed E-state index contributed by atoms with van der Waals surface area (Å²) in [6.45, 7) is 2.02. The smallest absolute Gasteiger partial charge is 0.264 e. The van der Waals surface area contributed by atoms with Crippen molar-refractivity contribution in [3.63, 3.8) is 0 Å². The molecule has 0 radical (unpaired) electrons. The molecule has 3 heterocycles. The van der Waals surface area contributed by atoms with Crippen molar-refractivity contribution in [2.75, 3.05) is 0 Å². The van der Waals surface area contributed by atoms with E-state index in [2.05, 4.69) is 16.0 Å². The lowest BCUT2D eigenvalue weighted by Gasteiger charge is -2.15. The van der Waals surface area contributed by atoms with Crippen LogP contribution < -0.4 is 0 Å². The van der Waals surface area contributed by atoms with Gasteiger partial charge in [0.15, 0.2) is 5.65 Å². The molecule has 5 nitrogen and oxygen atoms in total. The van der Waals surface area contributed by atoms with Gasteiger partial charge in [0, 0.05) is 35.1 Å². The highest BCUT2D eigenvalue weighted by molar-refractivity contribution is 7.90. The second-order valence-corrected chi connectivity index (χ2v) is 9.11. The molecule has 0 aliphatic carbocycles. The molecule has 0 atom stereocenters. The van der Waals surface area contributed by atoms with Crippen molar-refractivity contribution < 1.29 is 8.42 Å². The van der Waals surface area contributed by atoms with Gasteiger partial charge in [0.1, 0.15) is 0 Å². The molecule has 0 spiro atoms. The highest BCUT2D eigenvalue weighted by Gasteiger charge is 2.25. The predicted molar refractivity (Wildman–Crippen MR) is 122 cm³/mol. The van der Waals surface area contributed by atoms with E-state index in [0.717, 1.165) is 27.6 Å². The molecule has 0 fully saturated rings. The van der Waals surface area contributed by atoms with Crippen molar-refractivity contribution in [2.24, 2.45) is 0 Å². The number of fused-ring (bicyclic) bond motifs is 1. The summed E-state index contributed by atoms with van der Waals surface area (Å²) in [6.07, 6.45) is 5.12. The zero-order valence-electron chi connectivity index (χ0n) is 16.8. The third-order valence-corrected chi connectivity index (χ3v) is 6.94. The summed E-state index contributed by atoms with van der Waals surface area (Å²) in [5.41, 5.74) is 4.68. The zero-order chi connectivity index (χ0) is 21.4. The molecule has 0 aliphatic heterocycles. The third-order valence-electron chi connectivity index (χ3n) is 5.23. The van der Waals surface area contributed by atoms with Gasteiger partial charge in [-0.2, -0.15) is 0 Å². The molecule has 5 aromatic rings. The summed E-state index contributed by atoms with van der Waals surface area (Å²) < 4.78 is 28.8. The van der Waals surface area contributed by atoms with Gasteiger partial charge in [-0.1, -0.05) is 48.0 Å². The summed E-state index contributed by atoms with van der Waals surface area (Å²) in [5, 5.41) is 0.759. The van der Waals surface area contributed by atoms with Crippen molar-refractivity contribution in [3.8, 4) is 22.4 Å². The van der Waals surface area contributed by atoms with Crippen molar-refractivity contribution in [3.05, 3.63) is 103 Å². The summed E-state index contributed by atoms with van der Waals surface area (Å²) in [6, 6.07) is 23.9. The van der Waals surface area contributed by atoms with Crippen LogP contribution in [0.1, 0.15) is 5.56 Å². The second-order valence-electron chi connectivity index (χ2n) is 7.32. The summed E-state index contributed by atoms with van der Waals surface area (Å²) >= 11 is 0. The Morgan fingerprint density at radius 2 is 1.61 bits per heavy atom. The van der Waals surface area contributed by atoms with Crippen molar-refractivity contribution in [2.45, 2.75) is 11.8 Å². The molecule has 5 rings (SSSR count). The Kier molecular flexibility index (Phi) is 4.64. The molecule has 0 saturated heterocycles. The van der Waals surface area contributed by atoms with Crippen LogP contribution in [0.15, 0.2) is 102 Å². The number of rotatable bonds is 4. The Labute approximate surface area is 180 Å². The largest absolute Gasteiger partial charge is 0.269 e. The van der Waals surface area contributed by atoms with Crippen LogP contribution >= 0.6 is 0 Å². The number of benzene rings is 2. The van der Waals surface area contributed by atoms with Crippen LogP contribution in [0, 0.1) is 6.92 Å². The van der Waals surface area contributed by atoms with E-state index in [0.29, 0.717) is 11.3 Å². The molecule has 0 bridgehead atoms. The lowest BCUT2D eigenvalue weighted by atomic mass is 9.97. The van der Waals surface area contributed by atoms with Gasteiger partial charge >= 0.3 is 0 Å². The first-order valence-electron chi connectivity index (χ1n) is 9.84. The summed E-state index contributed by atoms with van der Waals surface area (Å²) in [4.78, 5) is 8.88. The summed E-state index contributed by atoms with van der Waals surface area (Å²) in [5.74, 6) is 0. The Morgan fingerprint density at radius 1 is 0.806 bits per heavy atom. The quantitative estimate of drug-likeness (QED) is 0.391. The van der Waals surface area contributed by atoms with Gasteiger partial charge in [-0.3, -0.25) is 4.98 Å². The number of aromatic nitrogens is 3. The molecule has 6 heteroatoms. The molecule has 0 amide bonds. The average molecular weight is 426 g/mol. The average Bonchev–Trinajstić information content (AvgIpc) is 3.20. The highest BCUT2D eigenvalue weighted by Crippen LogP contribution is 2.37. The topological polar surface area (TPSA) is 64.8 Å².